The van der Waals surface area contributed by atoms with E-state index >= 15 is 0 Å². The number of nitrogens with zero attached hydrogens (tertiary/aromatic N) is 4. The molecule has 146 valence electrons. The summed E-state index contributed by atoms with van der Waals surface area (Å²) in [4.78, 5) is 18.2. The van der Waals surface area contributed by atoms with Crippen molar-refractivity contribution in [2.45, 2.75) is 45.5 Å². The van der Waals surface area contributed by atoms with E-state index in [2.05, 4.69) is 15.4 Å². The van der Waals surface area contributed by atoms with Crippen molar-refractivity contribution in [3.05, 3.63) is 41.3 Å². The molecule has 0 saturated carbocycles. The number of amides is 1. The lowest BCUT2D eigenvalue weighted by atomic mass is 10.1. The molecule has 27 heavy (non-hydrogen) atoms. The van der Waals surface area contributed by atoms with Crippen LogP contribution in [0.1, 0.15) is 29.8 Å². The molecule has 9 heteroatoms. The molecular weight excluding hydrogens is 359 g/mol. The molecule has 1 fully saturated rings. The minimum absolute atomic E-state index is 0.0766. The molecule has 0 spiro atoms. The van der Waals surface area contributed by atoms with Crippen LogP contribution in [0.5, 0.6) is 0 Å². The first-order chi connectivity index (χ1) is 12.7. The monoisotopic (exact) mass is 381 g/mol. The van der Waals surface area contributed by atoms with E-state index in [0.717, 1.165) is 36.5 Å². The molecule has 1 aliphatic rings. The van der Waals surface area contributed by atoms with Crippen LogP contribution >= 0.6 is 0 Å². The molecule has 3 heterocycles. The van der Waals surface area contributed by atoms with Crippen LogP contribution in [0.2, 0.25) is 0 Å². The van der Waals surface area contributed by atoms with Gasteiger partial charge in [0.2, 0.25) is 5.91 Å². The highest BCUT2D eigenvalue weighted by atomic mass is 19.4. The van der Waals surface area contributed by atoms with Crippen LogP contribution < -0.4 is 10.2 Å². The Morgan fingerprint density at radius 1 is 1.33 bits per heavy atom. The molecule has 0 radical (unpaired) electrons. The van der Waals surface area contributed by atoms with Crippen LogP contribution in [0, 0.1) is 13.8 Å². The predicted octanol–water partition coefficient (Wildman–Crippen LogP) is 2.70. The fraction of sp³-hybridized carbons (Fsp3) is 0.500. The lowest BCUT2D eigenvalue weighted by Gasteiger charge is -2.34. The molecule has 0 aliphatic carbocycles. The van der Waals surface area contributed by atoms with Crippen LogP contribution in [0.4, 0.5) is 19.0 Å². The number of pyridine rings is 1. The maximum Gasteiger partial charge on any atom is 0.417 e. The van der Waals surface area contributed by atoms with Gasteiger partial charge in [-0.3, -0.25) is 9.48 Å². The van der Waals surface area contributed by atoms with Crippen LogP contribution in [0.25, 0.3) is 0 Å². The van der Waals surface area contributed by atoms with Gasteiger partial charge in [-0.05, 0) is 44.9 Å². The summed E-state index contributed by atoms with van der Waals surface area (Å²) in [5.41, 5.74) is 1.01. The minimum Gasteiger partial charge on any atom is -0.355 e. The predicted molar refractivity (Wildman–Crippen MR) is 94.3 cm³/mol. The average molecular weight is 381 g/mol. The van der Waals surface area contributed by atoms with E-state index in [0.29, 0.717) is 18.9 Å². The minimum atomic E-state index is -4.40. The molecule has 2 aromatic heterocycles. The fourth-order valence-corrected chi connectivity index (χ4v) is 3.29. The lowest BCUT2D eigenvalue weighted by molar-refractivity contribution is -0.137. The first-order valence-corrected chi connectivity index (χ1v) is 8.81. The summed E-state index contributed by atoms with van der Waals surface area (Å²) >= 11 is 0. The van der Waals surface area contributed by atoms with Crippen molar-refractivity contribution in [3.63, 3.8) is 0 Å². The van der Waals surface area contributed by atoms with E-state index in [-0.39, 0.29) is 18.5 Å². The molecule has 1 atom stereocenters. The maximum absolute atomic E-state index is 12.7. The number of aryl methyl sites for hydroxylation is 2. The van der Waals surface area contributed by atoms with Crippen molar-refractivity contribution < 1.29 is 18.0 Å². The lowest BCUT2D eigenvalue weighted by Crippen LogP contribution is -2.48. The molecule has 1 unspecified atom stereocenters. The number of carbonyl (C=O) groups excluding carboxylic acids is 1. The zero-order valence-corrected chi connectivity index (χ0v) is 15.3. The van der Waals surface area contributed by atoms with Gasteiger partial charge in [0.1, 0.15) is 12.4 Å². The van der Waals surface area contributed by atoms with Gasteiger partial charge >= 0.3 is 6.18 Å². The van der Waals surface area contributed by atoms with Crippen LogP contribution in [0.3, 0.4) is 0 Å². The molecule has 0 bridgehead atoms. The first-order valence-electron chi connectivity index (χ1n) is 8.81. The Morgan fingerprint density at radius 2 is 2.11 bits per heavy atom. The van der Waals surface area contributed by atoms with Gasteiger partial charge in [-0.25, -0.2) is 4.98 Å². The Bertz CT molecular complexity index is 800. The second kappa shape index (κ2) is 7.58. The molecule has 0 aromatic carbocycles. The molecular formula is C18H22F3N5O. The molecule has 1 saturated heterocycles. The van der Waals surface area contributed by atoms with E-state index < -0.39 is 11.7 Å². The summed E-state index contributed by atoms with van der Waals surface area (Å²) in [5, 5.41) is 7.27. The number of carbonyl (C=O) groups is 1. The topological polar surface area (TPSA) is 63.1 Å². The van der Waals surface area contributed by atoms with Crippen molar-refractivity contribution in [2.75, 3.05) is 18.0 Å². The van der Waals surface area contributed by atoms with Crippen LogP contribution in [-0.4, -0.2) is 39.8 Å². The normalized spacial score (nSPS) is 17.8. The van der Waals surface area contributed by atoms with E-state index in [1.165, 1.54) is 6.07 Å². The van der Waals surface area contributed by atoms with Gasteiger partial charge in [0, 0.05) is 31.0 Å². The second-order valence-corrected chi connectivity index (χ2v) is 6.84. The van der Waals surface area contributed by atoms with Crippen LogP contribution in [-0.2, 0) is 17.5 Å². The highest BCUT2D eigenvalue weighted by Crippen LogP contribution is 2.29. The summed E-state index contributed by atoms with van der Waals surface area (Å²) in [6, 6.07) is 4.25. The van der Waals surface area contributed by atoms with Crippen molar-refractivity contribution in [2.24, 2.45) is 0 Å². The first kappa shape index (κ1) is 19.2. The van der Waals surface area contributed by atoms with Crippen molar-refractivity contribution in [3.8, 4) is 0 Å². The molecule has 1 amide bonds. The third kappa shape index (κ3) is 4.78. The number of halogens is 3. The molecule has 2 aromatic rings. The number of hydrogen-bond donors (Lipinski definition) is 1. The maximum atomic E-state index is 12.7. The smallest absolute Gasteiger partial charge is 0.355 e. The average Bonchev–Trinajstić information content (AvgIpc) is 2.91. The summed E-state index contributed by atoms with van der Waals surface area (Å²) < 4.78 is 39.7. The standard InChI is InChI=1S/C18H22F3N5O/c1-12-8-13(2)26(24-12)11-17(27)23-15-4-3-7-25(10-15)16-6-5-14(9-22-16)18(19,20)21/h5-6,8-9,15H,3-4,7,10-11H2,1-2H3,(H,23,27). The van der Waals surface area contributed by atoms with Gasteiger partial charge in [0.25, 0.3) is 0 Å². The molecule has 6 nitrogen and oxygen atoms in total. The van der Waals surface area contributed by atoms with E-state index in [1.54, 1.807) is 4.68 Å². The number of nitrogens with one attached hydrogen (secondary N) is 1. The Labute approximate surface area is 155 Å². The fourth-order valence-electron chi connectivity index (χ4n) is 3.29. The number of hydrogen-bond acceptors (Lipinski definition) is 4. The van der Waals surface area contributed by atoms with Crippen LogP contribution in [0.15, 0.2) is 24.4 Å². The summed E-state index contributed by atoms with van der Waals surface area (Å²) in [5.74, 6) is 0.355. The number of aromatic nitrogens is 3. The Morgan fingerprint density at radius 3 is 2.70 bits per heavy atom. The summed E-state index contributed by atoms with van der Waals surface area (Å²) in [6.07, 6.45) is -1.90. The van der Waals surface area contributed by atoms with Gasteiger partial charge in [0.05, 0.1) is 11.3 Å². The second-order valence-electron chi connectivity index (χ2n) is 6.84. The zero-order chi connectivity index (χ0) is 19.6. The largest absolute Gasteiger partial charge is 0.417 e. The zero-order valence-electron chi connectivity index (χ0n) is 15.3. The van der Waals surface area contributed by atoms with E-state index in [9.17, 15) is 18.0 Å². The van der Waals surface area contributed by atoms with Gasteiger partial charge in [0.15, 0.2) is 0 Å². The summed E-state index contributed by atoms with van der Waals surface area (Å²) in [6.45, 7) is 5.13. The van der Waals surface area contributed by atoms with Crippen molar-refractivity contribution in [1.82, 2.24) is 20.1 Å². The third-order valence-corrected chi connectivity index (χ3v) is 4.58. The van der Waals surface area contributed by atoms with E-state index in [4.69, 9.17) is 0 Å². The number of anilines is 1. The molecule has 1 N–H and O–H groups in total. The third-order valence-electron chi connectivity index (χ3n) is 4.58. The Balaban J connectivity index is 1.59. The Kier molecular flexibility index (Phi) is 5.38. The van der Waals surface area contributed by atoms with Gasteiger partial charge in [-0.15, -0.1) is 0 Å². The van der Waals surface area contributed by atoms with Crippen molar-refractivity contribution in [1.29, 1.82) is 0 Å². The highest BCUT2D eigenvalue weighted by molar-refractivity contribution is 5.76. The van der Waals surface area contributed by atoms with Crippen molar-refractivity contribution >= 4 is 11.7 Å². The van der Waals surface area contributed by atoms with Gasteiger partial charge < -0.3 is 10.2 Å². The number of piperidine rings is 1. The molecule has 1 aliphatic heterocycles. The van der Waals surface area contributed by atoms with Gasteiger partial charge in [-0.1, -0.05) is 0 Å². The Hall–Kier alpha value is -2.58. The molecule has 3 rings (SSSR count). The quantitative estimate of drug-likeness (QED) is 0.885. The van der Waals surface area contributed by atoms with Gasteiger partial charge in [-0.2, -0.15) is 18.3 Å². The van der Waals surface area contributed by atoms with E-state index in [1.807, 2.05) is 24.8 Å². The SMILES string of the molecule is Cc1cc(C)n(CC(=O)NC2CCCN(c3ccc(C(F)(F)F)cn3)C2)n1. The summed E-state index contributed by atoms with van der Waals surface area (Å²) in [7, 11) is 0. The number of alkyl halides is 3. The number of rotatable bonds is 4. The highest BCUT2D eigenvalue weighted by Gasteiger charge is 2.31.